The summed E-state index contributed by atoms with van der Waals surface area (Å²) >= 11 is 0. The summed E-state index contributed by atoms with van der Waals surface area (Å²) < 4.78 is 45.4. The molecule has 1 aliphatic heterocycles. The molecule has 0 N–H and O–H groups in total. The first-order valence-corrected chi connectivity index (χ1v) is 14.0. The summed E-state index contributed by atoms with van der Waals surface area (Å²) in [7, 11) is -2.01. The second-order valence-electron chi connectivity index (χ2n) is 10.1. The van der Waals surface area contributed by atoms with E-state index in [1.807, 2.05) is 29.1 Å². The fourth-order valence-electron chi connectivity index (χ4n) is 5.69. The van der Waals surface area contributed by atoms with Crippen molar-refractivity contribution in [2.45, 2.75) is 30.2 Å². The van der Waals surface area contributed by atoms with Crippen molar-refractivity contribution in [3.63, 3.8) is 0 Å². The lowest BCUT2D eigenvalue weighted by Gasteiger charge is -2.32. The Labute approximate surface area is 221 Å². The van der Waals surface area contributed by atoms with E-state index in [9.17, 15) is 12.8 Å². The molecule has 1 fully saturated rings. The number of fused-ring (bicyclic) bond motifs is 1. The molecule has 3 heterocycles. The van der Waals surface area contributed by atoms with Crippen LogP contribution in [0.5, 0.6) is 0 Å². The van der Waals surface area contributed by atoms with E-state index in [0.29, 0.717) is 25.9 Å². The summed E-state index contributed by atoms with van der Waals surface area (Å²) in [5.41, 5.74) is 4.62. The third kappa shape index (κ3) is 4.21. The van der Waals surface area contributed by atoms with Crippen molar-refractivity contribution in [1.82, 2.24) is 23.9 Å². The minimum Gasteiger partial charge on any atom is -0.274 e. The van der Waals surface area contributed by atoms with Crippen molar-refractivity contribution in [2.75, 3.05) is 13.1 Å². The quantitative estimate of drug-likeness (QED) is 0.317. The van der Waals surface area contributed by atoms with Crippen LogP contribution < -0.4 is 0 Å². The highest BCUT2D eigenvalue weighted by atomic mass is 32.2. The van der Waals surface area contributed by atoms with Crippen LogP contribution in [0.2, 0.25) is 0 Å². The number of rotatable bonds is 6. The maximum Gasteiger partial charge on any atom is 0.262 e. The van der Waals surface area contributed by atoms with Gasteiger partial charge in [0.1, 0.15) is 5.82 Å². The molecule has 0 saturated carbocycles. The van der Waals surface area contributed by atoms with E-state index in [2.05, 4.69) is 41.4 Å². The van der Waals surface area contributed by atoms with Crippen LogP contribution in [-0.4, -0.2) is 45.4 Å². The minimum atomic E-state index is -3.73. The number of hydrogen-bond donors (Lipinski definition) is 0. The van der Waals surface area contributed by atoms with Gasteiger partial charge in [-0.2, -0.15) is 14.5 Å². The summed E-state index contributed by atoms with van der Waals surface area (Å²) in [4.78, 5) is 0. The molecular weight excluding hydrogens is 501 g/mol. The first kappa shape index (κ1) is 24.5. The largest absolute Gasteiger partial charge is 0.274 e. The van der Waals surface area contributed by atoms with Gasteiger partial charge in [0.05, 0.1) is 17.4 Å². The van der Waals surface area contributed by atoms with Crippen molar-refractivity contribution >= 4 is 20.9 Å². The van der Waals surface area contributed by atoms with Gasteiger partial charge in [-0.15, -0.1) is 0 Å². The Morgan fingerprint density at radius 2 is 1.79 bits per heavy atom. The lowest BCUT2D eigenvalue weighted by atomic mass is 9.73. The van der Waals surface area contributed by atoms with E-state index in [0.717, 1.165) is 33.3 Å². The molecule has 0 aliphatic carbocycles. The summed E-state index contributed by atoms with van der Waals surface area (Å²) in [6.07, 6.45) is 4.86. The van der Waals surface area contributed by atoms with Crippen LogP contribution in [0.4, 0.5) is 4.39 Å². The Kier molecular flexibility index (Phi) is 5.92. The van der Waals surface area contributed by atoms with Gasteiger partial charge in [0, 0.05) is 37.1 Å². The maximum absolute atomic E-state index is 13.5. The Balaban J connectivity index is 1.44. The van der Waals surface area contributed by atoms with Crippen LogP contribution in [0.1, 0.15) is 23.1 Å². The van der Waals surface area contributed by atoms with Crippen molar-refractivity contribution in [1.29, 1.82) is 0 Å². The van der Waals surface area contributed by atoms with Crippen LogP contribution in [0.25, 0.3) is 16.6 Å². The van der Waals surface area contributed by atoms with Crippen molar-refractivity contribution in [2.24, 2.45) is 7.05 Å². The van der Waals surface area contributed by atoms with Gasteiger partial charge in [-0.1, -0.05) is 30.3 Å². The van der Waals surface area contributed by atoms with Gasteiger partial charge in [0.2, 0.25) is 0 Å². The minimum absolute atomic E-state index is 0.0725. The Hall–Kier alpha value is -3.82. The van der Waals surface area contributed by atoms with Gasteiger partial charge in [0.15, 0.2) is 5.03 Å². The Morgan fingerprint density at radius 3 is 2.50 bits per heavy atom. The third-order valence-corrected chi connectivity index (χ3v) is 9.29. The molecule has 0 amide bonds. The molecule has 0 radical (unpaired) electrons. The number of hydrogen-bond acceptors (Lipinski definition) is 4. The molecule has 3 aromatic carbocycles. The highest BCUT2D eigenvalue weighted by molar-refractivity contribution is 7.89. The number of aryl methyl sites for hydroxylation is 2. The summed E-state index contributed by atoms with van der Waals surface area (Å²) in [6.45, 7) is 2.84. The number of sulfonamides is 1. The zero-order valence-electron chi connectivity index (χ0n) is 21.3. The predicted octanol–water partition coefficient (Wildman–Crippen LogP) is 4.78. The van der Waals surface area contributed by atoms with Gasteiger partial charge in [-0.25, -0.2) is 17.5 Å². The fraction of sp³-hybridized carbons (Fsp3) is 0.241. The van der Waals surface area contributed by atoms with Crippen LogP contribution >= 0.6 is 0 Å². The number of aromatic nitrogens is 4. The molecular formula is C29H28FN5O2S. The molecule has 1 saturated heterocycles. The van der Waals surface area contributed by atoms with E-state index in [1.54, 1.807) is 35.7 Å². The SMILES string of the molecule is Cc1cc2c(cnn2-c2ccc(F)cc2)cc1C1(Cc2ccccc2)CCN(S(=O)(=O)c2ccn(C)n2)C1. The van der Waals surface area contributed by atoms with E-state index in [1.165, 1.54) is 16.8 Å². The molecule has 0 bridgehead atoms. The van der Waals surface area contributed by atoms with Gasteiger partial charge >= 0.3 is 0 Å². The lowest BCUT2D eigenvalue weighted by Crippen LogP contribution is -2.36. The fourth-order valence-corrected chi connectivity index (χ4v) is 7.17. The molecule has 1 atom stereocenters. The molecule has 38 heavy (non-hydrogen) atoms. The predicted molar refractivity (Wildman–Crippen MR) is 144 cm³/mol. The van der Waals surface area contributed by atoms with Crippen LogP contribution in [0.3, 0.4) is 0 Å². The van der Waals surface area contributed by atoms with Gasteiger partial charge in [-0.05, 0) is 78.9 Å². The van der Waals surface area contributed by atoms with E-state index < -0.39 is 15.4 Å². The standard InChI is InChI=1S/C29H28FN5O2S/c1-21-16-27-23(19-31-35(27)25-10-8-24(30)9-11-25)17-26(21)29(18-22-6-4-3-5-7-22)13-15-34(20-29)38(36,37)28-12-14-33(2)32-28/h3-12,14,16-17,19H,13,15,18,20H2,1-2H3. The first-order chi connectivity index (χ1) is 18.2. The van der Waals surface area contributed by atoms with Crippen LogP contribution in [-0.2, 0) is 28.9 Å². The van der Waals surface area contributed by atoms with Crippen molar-refractivity contribution in [3.05, 3.63) is 108 Å². The molecule has 9 heteroatoms. The van der Waals surface area contributed by atoms with Gasteiger partial charge < -0.3 is 0 Å². The molecule has 0 spiro atoms. The van der Waals surface area contributed by atoms with Crippen LogP contribution in [0.15, 0.2) is 90.2 Å². The topological polar surface area (TPSA) is 73.0 Å². The molecule has 6 rings (SSSR count). The highest BCUT2D eigenvalue weighted by Crippen LogP contribution is 2.42. The molecule has 2 aromatic heterocycles. The average molecular weight is 530 g/mol. The molecule has 7 nitrogen and oxygen atoms in total. The van der Waals surface area contributed by atoms with Crippen molar-refractivity contribution < 1.29 is 12.8 Å². The van der Waals surface area contributed by atoms with E-state index >= 15 is 0 Å². The summed E-state index contributed by atoms with van der Waals surface area (Å²) in [5, 5.41) is 9.79. The number of nitrogens with zero attached hydrogens (tertiary/aromatic N) is 5. The average Bonchev–Trinajstić information content (AvgIpc) is 3.64. The third-order valence-electron chi connectivity index (χ3n) is 7.55. The van der Waals surface area contributed by atoms with Crippen LogP contribution in [0, 0.1) is 12.7 Å². The van der Waals surface area contributed by atoms with E-state index in [4.69, 9.17) is 0 Å². The maximum atomic E-state index is 13.5. The molecule has 1 aliphatic rings. The number of halogens is 1. The Bertz CT molecular complexity index is 1730. The highest BCUT2D eigenvalue weighted by Gasteiger charge is 2.45. The molecule has 194 valence electrons. The second kappa shape index (κ2) is 9.18. The number of benzene rings is 3. The normalized spacial score (nSPS) is 18.4. The monoisotopic (exact) mass is 529 g/mol. The molecule has 5 aromatic rings. The second-order valence-corrected chi connectivity index (χ2v) is 12.0. The smallest absolute Gasteiger partial charge is 0.262 e. The van der Waals surface area contributed by atoms with Gasteiger partial charge in [0.25, 0.3) is 10.0 Å². The zero-order chi connectivity index (χ0) is 26.5. The lowest BCUT2D eigenvalue weighted by molar-refractivity contribution is 0.412. The zero-order valence-corrected chi connectivity index (χ0v) is 22.1. The van der Waals surface area contributed by atoms with Crippen molar-refractivity contribution in [3.8, 4) is 5.69 Å². The van der Waals surface area contributed by atoms with Gasteiger partial charge in [-0.3, -0.25) is 4.68 Å². The first-order valence-electron chi connectivity index (χ1n) is 12.5. The van der Waals surface area contributed by atoms with E-state index in [-0.39, 0.29) is 10.8 Å². The summed E-state index contributed by atoms with van der Waals surface area (Å²) in [5.74, 6) is -0.294. The molecule has 1 unspecified atom stereocenters. The Morgan fingerprint density at radius 1 is 1.03 bits per heavy atom. The summed E-state index contributed by atoms with van der Waals surface area (Å²) in [6, 6.07) is 22.3.